The van der Waals surface area contributed by atoms with Crippen LogP contribution in [0.3, 0.4) is 0 Å². The zero-order valence-electron chi connectivity index (χ0n) is 10.6. The highest BCUT2D eigenvalue weighted by Gasteiger charge is 2.06. The van der Waals surface area contributed by atoms with Crippen LogP contribution in [0, 0.1) is 0 Å². The van der Waals surface area contributed by atoms with Gasteiger partial charge in [-0.05, 0) is 38.4 Å². The molecule has 0 unspecified atom stereocenters. The van der Waals surface area contributed by atoms with Gasteiger partial charge in [-0.3, -0.25) is 4.57 Å². The summed E-state index contributed by atoms with van der Waals surface area (Å²) in [5, 5.41) is 0.941. The van der Waals surface area contributed by atoms with Crippen LogP contribution >= 0.6 is 0 Å². The largest absolute Gasteiger partial charge is 0.492 e. The number of nitrogens with zero attached hydrogens (tertiary/aromatic N) is 2. The van der Waals surface area contributed by atoms with E-state index in [9.17, 15) is 4.79 Å². The van der Waals surface area contributed by atoms with Gasteiger partial charge >= 0.3 is 6.03 Å². The zero-order chi connectivity index (χ0) is 13.1. The number of hydrogen-bond acceptors (Lipinski definition) is 3. The Bertz CT molecular complexity index is 560. The van der Waals surface area contributed by atoms with E-state index in [1.54, 1.807) is 6.20 Å². The van der Waals surface area contributed by atoms with Crippen molar-refractivity contribution in [2.75, 3.05) is 27.2 Å². The van der Waals surface area contributed by atoms with Crippen LogP contribution < -0.4 is 10.5 Å². The smallest absolute Gasteiger partial charge is 0.323 e. The summed E-state index contributed by atoms with van der Waals surface area (Å²) in [6, 6.07) is 6.96. The van der Waals surface area contributed by atoms with E-state index in [0.717, 1.165) is 23.2 Å². The molecule has 0 bridgehead atoms. The summed E-state index contributed by atoms with van der Waals surface area (Å²) in [7, 11) is 4.00. The van der Waals surface area contributed by atoms with Crippen LogP contribution in [0.2, 0.25) is 0 Å². The lowest BCUT2D eigenvalue weighted by Gasteiger charge is -2.11. The Morgan fingerprint density at radius 1 is 1.39 bits per heavy atom. The van der Waals surface area contributed by atoms with E-state index >= 15 is 0 Å². The van der Waals surface area contributed by atoms with Crippen LogP contribution in [0.25, 0.3) is 10.9 Å². The predicted octanol–water partition coefficient (Wildman–Crippen LogP) is 1.51. The van der Waals surface area contributed by atoms with Gasteiger partial charge in [0.2, 0.25) is 0 Å². The van der Waals surface area contributed by atoms with Gasteiger partial charge in [-0.2, -0.15) is 0 Å². The third-order valence-corrected chi connectivity index (χ3v) is 2.71. The minimum Gasteiger partial charge on any atom is -0.492 e. The van der Waals surface area contributed by atoms with Gasteiger partial charge in [-0.25, -0.2) is 4.79 Å². The minimum absolute atomic E-state index is 0.480. The number of hydrogen-bond donors (Lipinski definition) is 1. The molecule has 1 amide bonds. The zero-order valence-corrected chi connectivity index (χ0v) is 10.6. The number of benzene rings is 1. The Hall–Kier alpha value is -2.01. The van der Waals surface area contributed by atoms with Crippen molar-refractivity contribution in [3.63, 3.8) is 0 Å². The maximum Gasteiger partial charge on any atom is 0.323 e. The average Bonchev–Trinajstić information content (AvgIpc) is 2.71. The fraction of sp³-hybridized carbons (Fsp3) is 0.308. The quantitative estimate of drug-likeness (QED) is 0.890. The highest BCUT2D eigenvalue weighted by molar-refractivity contribution is 5.91. The van der Waals surface area contributed by atoms with E-state index in [1.807, 2.05) is 38.4 Å². The van der Waals surface area contributed by atoms with Crippen LogP contribution in [0.1, 0.15) is 0 Å². The molecule has 2 N–H and O–H groups in total. The van der Waals surface area contributed by atoms with Gasteiger partial charge in [0, 0.05) is 18.1 Å². The molecule has 0 radical (unpaired) electrons. The number of ether oxygens (including phenoxy) is 1. The predicted molar refractivity (Wildman–Crippen MR) is 71.0 cm³/mol. The first-order valence-corrected chi connectivity index (χ1v) is 5.76. The molecule has 0 fully saturated rings. The summed E-state index contributed by atoms with van der Waals surface area (Å²) in [5.41, 5.74) is 6.06. The van der Waals surface area contributed by atoms with Crippen molar-refractivity contribution in [3.05, 3.63) is 30.5 Å². The molecular formula is C13H17N3O2. The number of primary amides is 1. The molecule has 2 aromatic rings. The molecule has 5 heteroatoms. The Morgan fingerprint density at radius 2 is 2.17 bits per heavy atom. The van der Waals surface area contributed by atoms with Crippen LogP contribution in [-0.4, -0.2) is 42.7 Å². The second-order valence-electron chi connectivity index (χ2n) is 4.40. The van der Waals surface area contributed by atoms with E-state index in [1.165, 1.54) is 4.57 Å². The molecule has 1 heterocycles. The molecule has 5 nitrogen and oxygen atoms in total. The van der Waals surface area contributed by atoms with E-state index in [0.29, 0.717) is 6.61 Å². The number of fused-ring (bicyclic) bond motifs is 1. The molecular weight excluding hydrogens is 230 g/mol. The minimum atomic E-state index is -0.480. The van der Waals surface area contributed by atoms with Gasteiger partial charge in [-0.1, -0.05) is 0 Å². The van der Waals surface area contributed by atoms with E-state index in [4.69, 9.17) is 10.5 Å². The van der Waals surface area contributed by atoms with E-state index in [2.05, 4.69) is 4.90 Å². The molecule has 0 aliphatic carbocycles. The lowest BCUT2D eigenvalue weighted by atomic mass is 10.2. The standard InChI is InChI=1S/C13H17N3O2/c1-15(2)7-8-18-11-3-4-12-10(9-11)5-6-16(12)13(14)17/h3-6,9H,7-8H2,1-2H3,(H2,14,17). The molecule has 0 atom stereocenters. The highest BCUT2D eigenvalue weighted by atomic mass is 16.5. The van der Waals surface area contributed by atoms with Crippen molar-refractivity contribution in [1.82, 2.24) is 9.47 Å². The van der Waals surface area contributed by atoms with E-state index in [-0.39, 0.29) is 0 Å². The van der Waals surface area contributed by atoms with Crippen LogP contribution in [0.5, 0.6) is 5.75 Å². The maximum atomic E-state index is 11.2. The first-order chi connectivity index (χ1) is 8.58. The number of nitrogens with two attached hydrogens (primary N) is 1. The first-order valence-electron chi connectivity index (χ1n) is 5.76. The number of carbonyl (C=O) groups excluding carboxylic acids is 1. The van der Waals surface area contributed by atoms with Gasteiger partial charge in [0.25, 0.3) is 0 Å². The van der Waals surface area contributed by atoms with E-state index < -0.39 is 6.03 Å². The monoisotopic (exact) mass is 247 g/mol. The molecule has 0 aliphatic heterocycles. The third-order valence-electron chi connectivity index (χ3n) is 2.71. The molecule has 96 valence electrons. The summed E-state index contributed by atoms with van der Waals surface area (Å²) in [6.07, 6.45) is 1.66. The summed E-state index contributed by atoms with van der Waals surface area (Å²) < 4.78 is 7.04. The normalized spacial score (nSPS) is 11.1. The molecule has 0 spiro atoms. The molecule has 1 aromatic carbocycles. The number of rotatable bonds is 4. The van der Waals surface area contributed by atoms with Crippen LogP contribution in [-0.2, 0) is 0 Å². The Labute approximate surface area is 106 Å². The molecule has 0 saturated heterocycles. The number of carbonyl (C=O) groups is 1. The second-order valence-corrected chi connectivity index (χ2v) is 4.40. The van der Waals surface area contributed by atoms with Crippen molar-refractivity contribution in [3.8, 4) is 5.75 Å². The lowest BCUT2D eigenvalue weighted by molar-refractivity contribution is 0.251. The summed E-state index contributed by atoms with van der Waals surface area (Å²) in [5.74, 6) is 0.798. The lowest BCUT2D eigenvalue weighted by Crippen LogP contribution is -2.19. The van der Waals surface area contributed by atoms with Gasteiger partial charge < -0.3 is 15.4 Å². The van der Waals surface area contributed by atoms with Gasteiger partial charge in [0.15, 0.2) is 0 Å². The third kappa shape index (κ3) is 2.62. The average molecular weight is 247 g/mol. The Balaban J connectivity index is 2.16. The first kappa shape index (κ1) is 12.4. The van der Waals surface area contributed by atoms with Crippen molar-refractivity contribution >= 4 is 16.9 Å². The molecule has 18 heavy (non-hydrogen) atoms. The summed E-state index contributed by atoms with van der Waals surface area (Å²) in [4.78, 5) is 13.2. The SMILES string of the molecule is CN(C)CCOc1ccc2c(ccn2C(N)=O)c1. The summed E-state index contributed by atoms with van der Waals surface area (Å²) >= 11 is 0. The number of likely N-dealkylation sites (N-methyl/N-ethyl adjacent to an activating group) is 1. The van der Waals surface area contributed by atoms with Crippen LogP contribution in [0.4, 0.5) is 4.79 Å². The fourth-order valence-corrected chi connectivity index (χ4v) is 1.75. The molecule has 2 rings (SSSR count). The van der Waals surface area contributed by atoms with Crippen molar-refractivity contribution < 1.29 is 9.53 Å². The number of aromatic nitrogens is 1. The van der Waals surface area contributed by atoms with Gasteiger partial charge in [0.05, 0.1) is 5.52 Å². The second kappa shape index (κ2) is 5.10. The Kier molecular flexibility index (Phi) is 3.53. The topological polar surface area (TPSA) is 60.5 Å². The van der Waals surface area contributed by atoms with Gasteiger partial charge in [-0.15, -0.1) is 0 Å². The summed E-state index contributed by atoms with van der Waals surface area (Å²) in [6.45, 7) is 1.50. The van der Waals surface area contributed by atoms with Crippen molar-refractivity contribution in [2.45, 2.75) is 0 Å². The molecule has 0 saturated carbocycles. The molecule has 1 aromatic heterocycles. The molecule has 0 aliphatic rings. The fourth-order valence-electron chi connectivity index (χ4n) is 1.75. The van der Waals surface area contributed by atoms with Crippen LogP contribution in [0.15, 0.2) is 30.5 Å². The van der Waals surface area contributed by atoms with Gasteiger partial charge in [0.1, 0.15) is 12.4 Å². The van der Waals surface area contributed by atoms with Crippen molar-refractivity contribution in [2.24, 2.45) is 5.73 Å². The van der Waals surface area contributed by atoms with Crippen molar-refractivity contribution in [1.29, 1.82) is 0 Å². The Morgan fingerprint density at radius 3 is 2.83 bits per heavy atom. The number of amides is 1. The maximum absolute atomic E-state index is 11.2. The highest BCUT2D eigenvalue weighted by Crippen LogP contribution is 2.21.